The van der Waals surface area contributed by atoms with E-state index >= 15 is 0 Å². The third-order valence-electron chi connectivity index (χ3n) is 2.70. The Hall–Kier alpha value is -0.920. The normalized spacial score (nSPS) is 25.7. The minimum absolute atomic E-state index is 0.0114. The van der Waals surface area contributed by atoms with Gasteiger partial charge in [0, 0.05) is 5.92 Å². The van der Waals surface area contributed by atoms with Gasteiger partial charge in [0.05, 0.1) is 0 Å². The van der Waals surface area contributed by atoms with E-state index in [1.54, 1.807) is 0 Å². The van der Waals surface area contributed by atoms with Gasteiger partial charge >= 0.3 is 0 Å². The molecule has 0 N–H and O–H groups in total. The fraction of sp³-hybridized carbons (Fsp3) is 0.600. The van der Waals surface area contributed by atoms with Crippen LogP contribution in [0.4, 0.5) is 0 Å². The molecular formula is C10H14O2. The zero-order valence-electron chi connectivity index (χ0n) is 7.54. The summed E-state index contributed by atoms with van der Waals surface area (Å²) in [5.74, 6) is 0.169. The number of allylic oxidation sites excluding steroid dienone is 2. The summed E-state index contributed by atoms with van der Waals surface area (Å²) in [6, 6.07) is 0. The van der Waals surface area contributed by atoms with Crippen molar-refractivity contribution in [2.45, 2.75) is 26.7 Å². The van der Waals surface area contributed by atoms with Crippen LogP contribution in [0.5, 0.6) is 0 Å². The van der Waals surface area contributed by atoms with Crippen LogP contribution in [0, 0.1) is 11.8 Å². The van der Waals surface area contributed by atoms with Crippen LogP contribution >= 0.6 is 0 Å². The monoisotopic (exact) mass is 166 g/mol. The maximum Gasteiger partial charge on any atom is 0.146 e. The Bertz CT molecular complexity index is 228. The van der Waals surface area contributed by atoms with Gasteiger partial charge in [-0.1, -0.05) is 12.5 Å². The lowest BCUT2D eigenvalue weighted by Crippen LogP contribution is -2.13. The molecule has 0 aliphatic heterocycles. The molecule has 0 spiro atoms. The van der Waals surface area contributed by atoms with Gasteiger partial charge in [0.1, 0.15) is 12.6 Å². The molecule has 0 saturated carbocycles. The van der Waals surface area contributed by atoms with Crippen LogP contribution in [0.15, 0.2) is 11.1 Å². The largest absolute Gasteiger partial charge is 0.303 e. The molecular weight excluding hydrogens is 152 g/mol. The zero-order chi connectivity index (χ0) is 9.14. The number of hydrogen-bond acceptors (Lipinski definition) is 2. The SMILES string of the molecule is CC1=C(C=O)[C@H]([C@H](C)C=O)CC1. The quantitative estimate of drug-likeness (QED) is 0.598. The van der Waals surface area contributed by atoms with Gasteiger partial charge in [-0.15, -0.1) is 0 Å². The van der Waals surface area contributed by atoms with Crippen LogP contribution in [0.1, 0.15) is 26.7 Å². The van der Waals surface area contributed by atoms with Crippen molar-refractivity contribution < 1.29 is 9.59 Å². The number of carbonyl (C=O) groups is 2. The third-order valence-corrected chi connectivity index (χ3v) is 2.70. The summed E-state index contributed by atoms with van der Waals surface area (Å²) in [4.78, 5) is 21.2. The molecule has 1 rings (SSSR count). The van der Waals surface area contributed by atoms with Crippen LogP contribution in [0.2, 0.25) is 0 Å². The lowest BCUT2D eigenvalue weighted by atomic mass is 9.89. The predicted octanol–water partition coefficient (Wildman–Crippen LogP) is 1.75. The summed E-state index contributed by atoms with van der Waals surface area (Å²) in [5.41, 5.74) is 2.01. The summed E-state index contributed by atoms with van der Waals surface area (Å²) in [6.45, 7) is 3.85. The van der Waals surface area contributed by atoms with Gasteiger partial charge in [-0.05, 0) is 31.3 Å². The highest BCUT2D eigenvalue weighted by atomic mass is 16.1. The first-order valence-electron chi connectivity index (χ1n) is 4.30. The topological polar surface area (TPSA) is 34.1 Å². The lowest BCUT2D eigenvalue weighted by Gasteiger charge is -2.13. The predicted molar refractivity (Wildman–Crippen MR) is 46.7 cm³/mol. The van der Waals surface area contributed by atoms with Crippen molar-refractivity contribution >= 4 is 12.6 Å². The number of hydrogen-bond donors (Lipinski definition) is 0. The first-order chi connectivity index (χ1) is 5.70. The Labute approximate surface area is 72.7 Å². The molecule has 0 amide bonds. The first-order valence-corrected chi connectivity index (χ1v) is 4.30. The van der Waals surface area contributed by atoms with Crippen molar-refractivity contribution in [3.05, 3.63) is 11.1 Å². The van der Waals surface area contributed by atoms with E-state index in [-0.39, 0.29) is 11.8 Å². The highest BCUT2D eigenvalue weighted by molar-refractivity contribution is 5.77. The van der Waals surface area contributed by atoms with E-state index in [2.05, 4.69) is 0 Å². The molecule has 1 aliphatic carbocycles. The molecule has 0 fully saturated rings. The van der Waals surface area contributed by atoms with Crippen molar-refractivity contribution in [3.8, 4) is 0 Å². The molecule has 2 nitrogen and oxygen atoms in total. The molecule has 0 bridgehead atoms. The van der Waals surface area contributed by atoms with Gasteiger partial charge in [0.25, 0.3) is 0 Å². The van der Waals surface area contributed by atoms with Gasteiger partial charge in [-0.25, -0.2) is 0 Å². The number of aldehydes is 2. The van der Waals surface area contributed by atoms with Crippen LogP contribution in [-0.2, 0) is 9.59 Å². The van der Waals surface area contributed by atoms with Crippen molar-refractivity contribution in [2.75, 3.05) is 0 Å². The van der Waals surface area contributed by atoms with Crippen molar-refractivity contribution in [1.82, 2.24) is 0 Å². The highest BCUT2D eigenvalue weighted by Gasteiger charge is 2.27. The second kappa shape index (κ2) is 3.65. The van der Waals surface area contributed by atoms with Gasteiger partial charge in [0.15, 0.2) is 0 Å². The van der Waals surface area contributed by atoms with E-state index < -0.39 is 0 Å². The fourth-order valence-corrected chi connectivity index (χ4v) is 1.82. The van der Waals surface area contributed by atoms with Gasteiger partial charge in [0.2, 0.25) is 0 Å². The molecule has 0 saturated heterocycles. The molecule has 0 aromatic carbocycles. The minimum Gasteiger partial charge on any atom is -0.303 e. The molecule has 0 aromatic rings. The molecule has 12 heavy (non-hydrogen) atoms. The standard InChI is InChI=1S/C10H14O2/c1-7-3-4-9(8(2)5-11)10(7)6-12/h5-6,8-9H,3-4H2,1-2H3/t8-,9+/m1/s1. The van der Waals surface area contributed by atoms with E-state index in [1.165, 1.54) is 0 Å². The fourth-order valence-electron chi connectivity index (χ4n) is 1.82. The Morgan fingerprint density at radius 3 is 2.67 bits per heavy atom. The van der Waals surface area contributed by atoms with Gasteiger partial charge in [-0.2, -0.15) is 0 Å². The van der Waals surface area contributed by atoms with Crippen LogP contribution in [0.3, 0.4) is 0 Å². The van der Waals surface area contributed by atoms with E-state index in [9.17, 15) is 9.59 Å². The molecule has 2 heteroatoms. The van der Waals surface area contributed by atoms with E-state index in [1.807, 2.05) is 13.8 Å². The molecule has 0 unspecified atom stereocenters. The Morgan fingerprint density at radius 2 is 2.17 bits per heavy atom. The summed E-state index contributed by atoms with van der Waals surface area (Å²) >= 11 is 0. The van der Waals surface area contributed by atoms with Gasteiger partial charge < -0.3 is 4.79 Å². The van der Waals surface area contributed by atoms with Crippen molar-refractivity contribution in [1.29, 1.82) is 0 Å². The van der Waals surface area contributed by atoms with Crippen LogP contribution in [-0.4, -0.2) is 12.6 Å². The summed E-state index contributed by atoms with van der Waals surface area (Å²) < 4.78 is 0. The average molecular weight is 166 g/mol. The van der Waals surface area contributed by atoms with E-state index in [0.717, 1.165) is 36.6 Å². The van der Waals surface area contributed by atoms with Crippen molar-refractivity contribution in [3.63, 3.8) is 0 Å². The van der Waals surface area contributed by atoms with Crippen LogP contribution < -0.4 is 0 Å². The smallest absolute Gasteiger partial charge is 0.146 e. The number of rotatable bonds is 3. The molecule has 0 aromatic heterocycles. The second-order valence-corrected chi connectivity index (χ2v) is 3.49. The summed E-state index contributed by atoms with van der Waals surface area (Å²) in [6.07, 6.45) is 3.77. The Balaban J connectivity index is 2.82. The maximum atomic E-state index is 10.7. The van der Waals surface area contributed by atoms with Crippen LogP contribution in [0.25, 0.3) is 0 Å². The Morgan fingerprint density at radius 1 is 1.50 bits per heavy atom. The summed E-state index contributed by atoms with van der Waals surface area (Å²) in [5, 5.41) is 0. The average Bonchev–Trinajstić information content (AvgIpc) is 2.45. The number of carbonyl (C=O) groups excluding carboxylic acids is 2. The van der Waals surface area contributed by atoms with E-state index in [0.29, 0.717) is 0 Å². The lowest BCUT2D eigenvalue weighted by molar-refractivity contribution is -0.111. The maximum absolute atomic E-state index is 10.7. The summed E-state index contributed by atoms with van der Waals surface area (Å²) in [7, 11) is 0. The molecule has 0 radical (unpaired) electrons. The third kappa shape index (κ3) is 1.47. The zero-order valence-corrected chi connectivity index (χ0v) is 7.54. The Kier molecular flexibility index (Phi) is 2.79. The molecule has 66 valence electrons. The van der Waals surface area contributed by atoms with Gasteiger partial charge in [-0.3, -0.25) is 4.79 Å². The second-order valence-electron chi connectivity index (χ2n) is 3.49. The van der Waals surface area contributed by atoms with E-state index in [4.69, 9.17) is 0 Å². The highest BCUT2D eigenvalue weighted by Crippen LogP contribution is 2.34. The van der Waals surface area contributed by atoms with Crippen molar-refractivity contribution in [2.24, 2.45) is 11.8 Å². The first kappa shape index (κ1) is 9.17. The molecule has 2 atom stereocenters. The minimum atomic E-state index is -0.0114. The molecule has 1 aliphatic rings. The molecule has 0 heterocycles.